The molecule has 0 bridgehead atoms. The number of benzene rings is 2. The van der Waals surface area contributed by atoms with Gasteiger partial charge in [-0.05, 0) is 57.7 Å². The largest absolute Gasteiger partial charge is 0.457 e. The molecule has 0 unspecified atom stereocenters. The molecule has 0 amide bonds. The van der Waals surface area contributed by atoms with Crippen LogP contribution in [0.4, 0.5) is 0 Å². The highest BCUT2D eigenvalue weighted by molar-refractivity contribution is 9.10. The molecule has 0 fully saturated rings. The van der Waals surface area contributed by atoms with Gasteiger partial charge in [0.2, 0.25) is 0 Å². The molecule has 2 aromatic rings. The minimum absolute atomic E-state index is 0.366. The van der Waals surface area contributed by atoms with E-state index in [1.165, 1.54) is 5.56 Å². The van der Waals surface area contributed by atoms with Crippen molar-refractivity contribution in [3.05, 3.63) is 58.1 Å². The molecule has 20 heavy (non-hydrogen) atoms. The number of hydrogen-bond donors (Lipinski definition) is 1. The lowest BCUT2D eigenvalue weighted by molar-refractivity contribution is 0.481. The molecule has 0 aromatic heterocycles. The Balaban J connectivity index is 2.24. The van der Waals surface area contributed by atoms with Crippen molar-refractivity contribution in [1.82, 2.24) is 0 Å². The fourth-order valence-corrected chi connectivity index (χ4v) is 2.71. The molecule has 0 radical (unpaired) electrons. The van der Waals surface area contributed by atoms with Crippen LogP contribution in [-0.4, -0.2) is 4.99 Å². The standard InChI is InChI=1S/C16H16BrNOS/c1-10(2)11-4-3-5-12(8-11)19-13-6-7-14(16(18)20)15(17)9-13/h3-10H,1-2H3,(H2,18,20). The van der Waals surface area contributed by atoms with E-state index < -0.39 is 0 Å². The Hall–Kier alpha value is -1.39. The number of halogens is 1. The topological polar surface area (TPSA) is 35.2 Å². The van der Waals surface area contributed by atoms with Crippen LogP contribution < -0.4 is 10.5 Å². The van der Waals surface area contributed by atoms with Crippen LogP contribution >= 0.6 is 28.1 Å². The highest BCUT2D eigenvalue weighted by Crippen LogP contribution is 2.28. The van der Waals surface area contributed by atoms with Crippen molar-refractivity contribution >= 4 is 33.1 Å². The summed E-state index contributed by atoms with van der Waals surface area (Å²) in [5.41, 5.74) is 7.69. The summed E-state index contributed by atoms with van der Waals surface area (Å²) in [6.45, 7) is 4.32. The Kier molecular flexibility index (Phi) is 4.78. The summed E-state index contributed by atoms with van der Waals surface area (Å²) in [5, 5.41) is 0. The molecule has 2 N–H and O–H groups in total. The Labute approximate surface area is 133 Å². The van der Waals surface area contributed by atoms with Gasteiger partial charge in [-0.1, -0.05) is 38.2 Å². The normalized spacial score (nSPS) is 10.6. The third-order valence-corrected chi connectivity index (χ3v) is 3.84. The highest BCUT2D eigenvalue weighted by Gasteiger charge is 2.06. The lowest BCUT2D eigenvalue weighted by Gasteiger charge is -2.11. The Morgan fingerprint density at radius 1 is 1.15 bits per heavy atom. The molecule has 0 aliphatic heterocycles. The van der Waals surface area contributed by atoms with Crippen molar-refractivity contribution in [1.29, 1.82) is 0 Å². The van der Waals surface area contributed by atoms with Gasteiger partial charge in [0.15, 0.2) is 0 Å². The third kappa shape index (κ3) is 3.58. The fraction of sp³-hybridized carbons (Fsp3) is 0.188. The van der Waals surface area contributed by atoms with Crippen LogP contribution in [0.1, 0.15) is 30.9 Å². The molecule has 2 aromatic carbocycles. The van der Waals surface area contributed by atoms with Gasteiger partial charge >= 0.3 is 0 Å². The van der Waals surface area contributed by atoms with Crippen LogP contribution in [0.25, 0.3) is 0 Å². The zero-order chi connectivity index (χ0) is 14.7. The van der Waals surface area contributed by atoms with Crippen LogP contribution in [0.15, 0.2) is 46.9 Å². The first-order valence-corrected chi connectivity index (χ1v) is 7.54. The molecule has 0 atom stereocenters. The van der Waals surface area contributed by atoms with Crippen molar-refractivity contribution in [3.63, 3.8) is 0 Å². The van der Waals surface area contributed by atoms with Crippen molar-refractivity contribution in [2.75, 3.05) is 0 Å². The summed E-state index contributed by atoms with van der Waals surface area (Å²) < 4.78 is 6.71. The quantitative estimate of drug-likeness (QED) is 0.788. The number of ether oxygens (including phenoxy) is 1. The van der Waals surface area contributed by atoms with E-state index in [-0.39, 0.29) is 0 Å². The lowest BCUT2D eigenvalue weighted by atomic mass is 10.0. The van der Waals surface area contributed by atoms with Crippen molar-refractivity contribution < 1.29 is 4.74 Å². The molecule has 0 saturated heterocycles. The van der Waals surface area contributed by atoms with Gasteiger partial charge in [0, 0.05) is 10.0 Å². The van der Waals surface area contributed by atoms with Gasteiger partial charge in [0.25, 0.3) is 0 Å². The van der Waals surface area contributed by atoms with E-state index in [1.54, 1.807) is 0 Å². The first kappa shape index (κ1) is 15.0. The van der Waals surface area contributed by atoms with E-state index in [4.69, 9.17) is 22.7 Å². The van der Waals surface area contributed by atoms with Crippen LogP contribution in [0.5, 0.6) is 11.5 Å². The number of rotatable bonds is 4. The molecule has 4 heteroatoms. The van der Waals surface area contributed by atoms with E-state index in [2.05, 4.69) is 41.9 Å². The van der Waals surface area contributed by atoms with Crippen molar-refractivity contribution in [2.24, 2.45) is 5.73 Å². The van der Waals surface area contributed by atoms with Crippen LogP contribution in [0.2, 0.25) is 0 Å². The molecule has 0 spiro atoms. The lowest BCUT2D eigenvalue weighted by Crippen LogP contribution is -2.09. The molecule has 0 aliphatic carbocycles. The van der Waals surface area contributed by atoms with Crippen molar-refractivity contribution in [3.8, 4) is 11.5 Å². The minimum atomic E-state index is 0.366. The van der Waals surface area contributed by atoms with E-state index in [1.807, 2.05) is 30.3 Å². The summed E-state index contributed by atoms with van der Waals surface area (Å²) in [6, 6.07) is 13.7. The van der Waals surface area contributed by atoms with E-state index >= 15 is 0 Å². The second-order valence-corrected chi connectivity index (χ2v) is 6.13. The number of thiocarbonyl (C=S) groups is 1. The van der Waals surface area contributed by atoms with Gasteiger partial charge in [-0.3, -0.25) is 0 Å². The van der Waals surface area contributed by atoms with E-state index in [0.29, 0.717) is 10.9 Å². The maximum atomic E-state index is 5.87. The Morgan fingerprint density at radius 2 is 1.85 bits per heavy atom. The zero-order valence-corrected chi connectivity index (χ0v) is 13.8. The second kappa shape index (κ2) is 6.37. The van der Waals surface area contributed by atoms with Gasteiger partial charge in [0.05, 0.1) is 0 Å². The van der Waals surface area contributed by atoms with Crippen LogP contribution in [0.3, 0.4) is 0 Å². The second-order valence-electron chi connectivity index (χ2n) is 4.84. The predicted octanol–water partition coefficient (Wildman–Crippen LogP) is 5.00. The molecule has 0 heterocycles. The van der Waals surface area contributed by atoms with Crippen LogP contribution in [-0.2, 0) is 0 Å². The van der Waals surface area contributed by atoms with Gasteiger partial charge in [0.1, 0.15) is 16.5 Å². The number of hydrogen-bond acceptors (Lipinski definition) is 2. The average molecular weight is 350 g/mol. The van der Waals surface area contributed by atoms with Gasteiger partial charge < -0.3 is 10.5 Å². The molecule has 0 saturated carbocycles. The maximum absolute atomic E-state index is 5.87. The van der Waals surface area contributed by atoms with Gasteiger partial charge in [-0.2, -0.15) is 0 Å². The Bertz CT molecular complexity index is 640. The summed E-state index contributed by atoms with van der Waals surface area (Å²) in [5.74, 6) is 2.05. The summed E-state index contributed by atoms with van der Waals surface area (Å²) in [7, 11) is 0. The summed E-state index contributed by atoms with van der Waals surface area (Å²) in [4.78, 5) is 0.366. The Morgan fingerprint density at radius 3 is 2.45 bits per heavy atom. The van der Waals surface area contributed by atoms with E-state index in [9.17, 15) is 0 Å². The minimum Gasteiger partial charge on any atom is -0.457 e. The first-order chi connectivity index (χ1) is 9.47. The average Bonchev–Trinajstić information content (AvgIpc) is 2.38. The summed E-state index contributed by atoms with van der Waals surface area (Å²) in [6.07, 6.45) is 0. The van der Waals surface area contributed by atoms with Gasteiger partial charge in [-0.25, -0.2) is 0 Å². The van der Waals surface area contributed by atoms with Gasteiger partial charge in [-0.15, -0.1) is 0 Å². The SMILES string of the molecule is CC(C)c1cccc(Oc2ccc(C(N)=S)c(Br)c2)c1. The monoisotopic (exact) mass is 349 g/mol. The molecule has 2 rings (SSSR count). The smallest absolute Gasteiger partial charge is 0.128 e. The molecule has 0 aliphatic rings. The van der Waals surface area contributed by atoms with Crippen molar-refractivity contribution in [2.45, 2.75) is 19.8 Å². The molecule has 2 nitrogen and oxygen atoms in total. The van der Waals surface area contributed by atoms with Crippen LogP contribution in [0, 0.1) is 0 Å². The molecular formula is C16H16BrNOS. The summed E-state index contributed by atoms with van der Waals surface area (Å²) >= 11 is 8.43. The zero-order valence-electron chi connectivity index (χ0n) is 11.4. The number of nitrogens with two attached hydrogens (primary N) is 1. The first-order valence-electron chi connectivity index (χ1n) is 6.34. The molecule has 104 valence electrons. The highest BCUT2D eigenvalue weighted by atomic mass is 79.9. The molecular weight excluding hydrogens is 334 g/mol. The fourth-order valence-electron chi connectivity index (χ4n) is 1.83. The predicted molar refractivity (Wildman–Crippen MR) is 90.6 cm³/mol. The van der Waals surface area contributed by atoms with E-state index in [0.717, 1.165) is 21.5 Å². The third-order valence-electron chi connectivity index (χ3n) is 2.97. The maximum Gasteiger partial charge on any atom is 0.128 e.